The monoisotopic (exact) mass is 211 g/mol. The van der Waals surface area contributed by atoms with E-state index in [1.165, 1.54) is 0 Å². The minimum absolute atomic E-state index is 0.0546. The zero-order valence-electron chi connectivity index (χ0n) is 9.12. The molecule has 0 bridgehead atoms. The summed E-state index contributed by atoms with van der Waals surface area (Å²) in [6, 6.07) is -0.387. The number of rotatable bonds is 2. The molecule has 0 saturated carbocycles. The standard InChI is InChI=1S/C10H17N3O2/c1-6(14)8-5-12-9-4-3-7(11-2)10(15)13(8)9/h7-9,11-12H,3-5H2,1-2H3. The molecule has 0 radical (unpaired) electrons. The number of carbonyl (C=O) groups is 2. The fourth-order valence-electron chi connectivity index (χ4n) is 2.45. The first-order valence-corrected chi connectivity index (χ1v) is 5.38. The van der Waals surface area contributed by atoms with E-state index in [4.69, 9.17) is 0 Å². The van der Waals surface area contributed by atoms with E-state index in [0.29, 0.717) is 6.54 Å². The molecular weight excluding hydrogens is 194 g/mol. The Morgan fingerprint density at radius 3 is 2.87 bits per heavy atom. The van der Waals surface area contributed by atoms with E-state index < -0.39 is 0 Å². The number of amides is 1. The summed E-state index contributed by atoms with van der Waals surface area (Å²) in [5.41, 5.74) is 0. The molecule has 2 heterocycles. The third-order valence-electron chi connectivity index (χ3n) is 3.32. The van der Waals surface area contributed by atoms with Crippen LogP contribution in [0, 0.1) is 0 Å². The van der Waals surface area contributed by atoms with Gasteiger partial charge in [0, 0.05) is 6.54 Å². The predicted octanol–water partition coefficient (Wildman–Crippen LogP) is -0.916. The van der Waals surface area contributed by atoms with Crippen LogP contribution in [0.4, 0.5) is 0 Å². The quantitative estimate of drug-likeness (QED) is 0.620. The highest BCUT2D eigenvalue weighted by Crippen LogP contribution is 2.23. The predicted molar refractivity (Wildman–Crippen MR) is 55.2 cm³/mol. The maximum Gasteiger partial charge on any atom is 0.241 e. The summed E-state index contributed by atoms with van der Waals surface area (Å²) < 4.78 is 0. The summed E-state index contributed by atoms with van der Waals surface area (Å²) in [5.74, 6) is 0.119. The highest BCUT2D eigenvalue weighted by atomic mass is 16.2. The Bertz CT molecular complexity index is 292. The van der Waals surface area contributed by atoms with Gasteiger partial charge in [0.05, 0.1) is 12.2 Å². The number of likely N-dealkylation sites (N-methyl/N-ethyl adjacent to an activating group) is 1. The Morgan fingerprint density at radius 2 is 2.27 bits per heavy atom. The smallest absolute Gasteiger partial charge is 0.241 e. The molecular formula is C10H17N3O2. The lowest BCUT2D eigenvalue weighted by atomic mass is 10.0. The molecule has 2 rings (SSSR count). The van der Waals surface area contributed by atoms with Gasteiger partial charge < -0.3 is 10.2 Å². The Kier molecular flexibility index (Phi) is 2.75. The summed E-state index contributed by atoms with van der Waals surface area (Å²) in [6.45, 7) is 2.15. The van der Waals surface area contributed by atoms with Gasteiger partial charge in [-0.15, -0.1) is 0 Å². The fourth-order valence-corrected chi connectivity index (χ4v) is 2.45. The lowest BCUT2D eigenvalue weighted by molar-refractivity contribution is -0.143. The largest absolute Gasteiger partial charge is 0.314 e. The highest BCUT2D eigenvalue weighted by molar-refractivity contribution is 5.91. The topological polar surface area (TPSA) is 61.4 Å². The first kappa shape index (κ1) is 10.6. The lowest BCUT2D eigenvalue weighted by Crippen LogP contribution is -2.57. The molecule has 5 heteroatoms. The number of Topliss-reactive ketones (excluding diaryl/α,β-unsaturated/α-hetero) is 1. The van der Waals surface area contributed by atoms with Crippen LogP contribution in [0.25, 0.3) is 0 Å². The van der Waals surface area contributed by atoms with Gasteiger partial charge in [-0.1, -0.05) is 0 Å². The number of nitrogens with one attached hydrogen (secondary N) is 2. The van der Waals surface area contributed by atoms with Crippen molar-refractivity contribution in [2.24, 2.45) is 0 Å². The number of nitrogens with zero attached hydrogens (tertiary/aromatic N) is 1. The van der Waals surface area contributed by atoms with E-state index in [0.717, 1.165) is 12.8 Å². The zero-order chi connectivity index (χ0) is 11.0. The molecule has 1 amide bonds. The molecule has 15 heavy (non-hydrogen) atoms. The number of piperidine rings is 1. The summed E-state index contributed by atoms with van der Waals surface area (Å²) in [5, 5.41) is 6.22. The van der Waals surface area contributed by atoms with Crippen molar-refractivity contribution in [1.29, 1.82) is 0 Å². The summed E-state index contributed by atoms with van der Waals surface area (Å²) in [6.07, 6.45) is 1.82. The molecule has 2 saturated heterocycles. The molecule has 5 nitrogen and oxygen atoms in total. The maximum absolute atomic E-state index is 12.0. The van der Waals surface area contributed by atoms with Gasteiger partial charge in [-0.25, -0.2) is 0 Å². The summed E-state index contributed by atoms with van der Waals surface area (Å²) in [4.78, 5) is 25.1. The van der Waals surface area contributed by atoms with Crippen LogP contribution in [0.1, 0.15) is 19.8 Å². The molecule has 0 aromatic rings. The average molecular weight is 211 g/mol. The Balaban J connectivity index is 2.18. The van der Waals surface area contributed by atoms with Gasteiger partial charge in [0.15, 0.2) is 5.78 Å². The molecule has 2 aliphatic rings. The number of fused-ring (bicyclic) bond motifs is 1. The van der Waals surface area contributed by atoms with Gasteiger partial charge in [-0.3, -0.25) is 14.9 Å². The Morgan fingerprint density at radius 1 is 1.53 bits per heavy atom. The second-order valence-corrected chi connectivity index (χ2v) is 4.21. The third-order valence-corrected chi connectivity index (χ3v) is 3.32. The van der Waals surface area contributed by atoms with Crippen LogP contribution < -0.4 is 10.6 Å². The van der Waals surface area contributed by atoms with E-state index in [1.807, 2.05) is 0 Å². The molecule has 2 aliphatic heterocycles. The van der Waals surface area contributed by atoms with Crippen molar-refractivity contribution in [3.63, 3.8) is 0 Å². The van der Waals surface area contributed by atoms with Gasteiger partial charge in [-0.05, 0) is 26.8 Å². The van der Waals surface area contributed by atoms with Crippen LogP contribution in [-0.4, -0.2) is 48.4 Å². The van der Waals surface area contributed by atoms with Crippen molar-refractivity contribution < 1.29 is 9.59 Å². The van der Waals surface area contributed by atoms with Crippen LogP contribution in [0.3, 0.4) is 0 Å². The number of hydrogen-bond donors (Lipinski definition) is 2. The molecule has 0 aromatic carbocycles. The van der Waals surface area contributed by atoms with Crippen LogP contribution >= 0.6 is 0 Å². The lowest BCUT2D eigenvalue weighted by Gasteiger charge is -2.36. The van der Waals surface area contributed by atoms with Gasteiger partial charge in [0.25, 0.3) is 0 Å². The zero-order valence-corrected chi connectivity index (χ0v) is 9.12. The van der Waals surface area contributed by atoms with Crippen molar-refractivity contribution in [3.05, 3.63) is 0 Å². The molecule has 2 N–H and O–H groups in total. The van der Waals surface area contributed by atoms with E-state index in [2.05, 4.69) is 10.6 Å². The van der Waals surface area contributed by atoms with Crippen LogP contribution in [0.2, 0.25) is 0 Å². The minimum Gasteiger partial charge on any atom is -0.314 e. The molecule has 3 atom stereocenters. The normalized spacial score (nSPS) is 35.5. The molecule has 3 unspecified atom stereocenters. The maximum atomic E-state index is 12.0. The summed E-state index contributed by atoms with van der Waals surface area (Å²) in [7, 11) is 1.79. The molecule has 0 aromatic heterocycles. The Hall–Kier alpha value is -0.940. The van der Waals surface area contributed by atoms with Crippen molar-refractivity contribution in [1.82, 2.24) is 15.5 Å². The second-order valence-electron chi connectivity index (χ2n) is 4.21. The first-order chi connectivity index (χ1) is 7.15. The van der Waals surface area contributed by atoms with Crippen LogP contribution in [0.15, 0.2) is 0 Å². The highest BCUT2D eigenvalue weighted by Gasteiger charge is 2.44. The molecule has 0 aliphatic carbocycles. The minimum atomic E-state index is -0.265. The van der Waals surface area contributed by atoms with Gasteiger partial charge >= 0.3 is 0 Å². The van der Waals surface area contributed by atoms with Crippen LogP contribution in [-0.2, 0) is 9.59 Å². The molecule has 2 fully saturated rings. The number of ketones is 1. The van der Waals surface area contributed by atoms with E-state index >= 15 is 0 Å². The summed E-state index contributed by atoms with van der Waals surface area (Å²) >= 11 is 0. The van der Waals surface area contributed by atoms with E-state index in [-0.39, 0.29) is 29.9 Å². The van der Waals surface area contributed by atoms with Crippen molar-refractivity contribution in [2.45, 2.75) is 38.0 Å². The molecule has 84 valence electrons. The van der Waals surface area contributed by atoms with Gasteiger partial charge in [-0.2, -0.15) is 0 Å². The molecule has 0 spiro atoms. The van der Waals surface area contributed by atoms with Crippen LogP contribution in [0.5, 0.6) is 0 Å². The SMILES string of the molecule is CNC1CCC2NCC(C(C)=O)N2C1=O. The van der Waals surface area contributed by atoms with Crippen molar-refractivity contribution in [3.8, 4) is 0 Å². The number of hydrogen-bond acceptors (Lipinski definition) is 4. The first-order valence-electron chi connectivity index (χ1n) is 5.38. The second kappa shape index (κ2) is 3.90. The van der Waals surface area contributed by atoms with Gasteiger partial charge in [0.2, 0.25) is 5.91 Å². The third kappa shape index (κ3) is 1.66. The van der Waals surface area contributed by atoms with E-state index in [1.54, 1.807) is 18.9 Å². The number of carbonyl (C=O) groups excluding carboxylic acids is 2. The van der Waals surface area contributed by atoms with Crippen molar-refractivity contribution >= 4 is 11.7 Å². The fraction of sp³-hybridized carbons (Fsp3) is 0.800. The average Bonchev–Trinajstić information content (AvgIpc) is 2.63. The van der Waals surface area contributed by atoms with Gasteiger partial charge in [0.1, 0.15) is 6.04 Å². The van der Waals surface area contributed by atoms with Crippen molar-refractivity contribution in [2.75, 3.05) is 13.6 Å². The Labute approximate surface area is 89.2 Å². The van der Waals surface area contributed by atoms with E-state index in [9.17, 15) is 9.59 Å².